The average molecular weight is 536 g/mol. The minimum Gasteiger partial charge on any atom is -0.387 e. The summed E-state index contributed by atoms with van der Waals surface area (Å²) in [5.41, 5.74) is 7.99. The molecule has 0 aliphatic carbocycles. The van der Waals surface area contributed by atoms with Crippen molar-refractivity contribution in [3.63, 3.8) is 0 Å². The van der Waals surface area contributed by atoms with Crippen LogP contribution in [0.2, 0.25) is 0 Å². The second-order valence-corrected chi connectivity index (χ2v) is 9.49. The van der Waals surface area contributed by atoms with E-state index in [0.717, 1.165) is 0 Å². The summed E-state index contributed by atoms with van der Waals surface area (Å²) in [6, 6.07) is 5.05. The topological polar surface area (TPSA) is 201 Å². The van der Waals surface area contributed by atoms with E-state index in [4.69, 9.17) is 10.5 Å². The third-order valence-corrected chi connectivity index (χ3v) is 7.12. The number of anilines is 2. The Hall–Kier alpha value is -4.31. The summed E-state index contributed by atoms with van der Waals surface area (Å²) in [4.78, 5) is 57.0. The highest BCUT2D eigenvalue weighted by Gasteiger charge is 2.49. The van der Waals surface area contributed by atoms with Gasteiger partial charge in [-0.1, -0.05) is 6.07 Å². The van der Waals surface area contributed by atoms with Crippen LogP contribution in [0.1, 0.15) is 22.1 Å². The summed E-state index contributed by atoms with van der Waals surface area (Å²) in [6.07, 6.45) is -1.21. The lowest BCUT2D eigenvalue weighted by atomic mass is 10.1. The quantitative estimate of drug-likeness (QED) is 0.293. The first-order chi connectivity index (χ1) is 18.8. The molecule has 2 aromatic heterocycles. The molecule has 15 heteroatoms. The third-order valence-electron chi connectivity index (χ3n) is 7.12. The number of ether oxygens (including phenoxy) is 1. The molecule has 4 atom stereocenters. The number of fused-ring (bicyclic) bond motifs is 2. The third kappa shape index (κ3) is 4.40. The van der Waals surface area contributed by atoms with Crippen molar-refractivity contribution < 1.29 is 29.3 Å². The van der Waals surface area contributed by atoms with Crippen LogP contribution < -0.4 is 11.1 Å². The van der Waals surface area contributed by atoms with Gasteiger partial charge in [0.05, 0.1) is 24.1 Å². The van der Waals surface area contributed by atoms with Crippen LogP contribution in [0.25, 0.3) is 11.2 Å². The first-order valence-electron chi connectivity index (χ1n) is 12.3. The van der Waals surface area contributed by atoms with Crippen molar-refractivity contribution >= 4 is 46.6 Å². The highest BCUT2D eigenvalue weighted by Crippen LogP contribution is 2.33. The molecular formula is C24H25N9O6. The van der Waals surface area contributed by atoms with E-state index < -0.39 is 30.4 Å². The molecule has 39 heavy (non-hydrogen) atoms. The van der Waals surface area contributed by atoms with Crippen LogP contribution in [0.4, 0.5) is 11.5 Å². The largest absolute Gasteiger partial charge is 0.387 e. The molecule has 3 aliphatic heterocycles. The Bertz CT molecular complexity index is 1500. The minimum absolute atomic E-state index is 0.0961. The molecule has 2 fully saturated rings. The number of amides is 3. The number of nitrogen functional groups attached to an aromatic ring is 1. The van der Waals surface area contributed by atoms with E-state index in [2.05, 4.69) is 25.3 Å². The Morgan fingerprint density at radius 1 is 1.10 bits per heavy atom. The number of aromatic nitrogens is 4. The Labute approximate surface area is 220 Å². The van der Waals surface area contributed by atoms with E-state index in [1.165, 1.54) is 28.3 Å². The standard InChI is InChI=1S/C24H25N9O6/c25-20-16-21(28-10-27-20)33(11-29-16)24-18(36)17(35)19(39-24)23(38)32-6-4-31(5-7-32)9-15(34)30-14-3-1-2-12-13(14)8-26-22(12)37/h1-3,8,10-11,17-19,24,35-36H,4-7,9H2,(H,30,34)(H2,25,27,28)/t17-,18-,19-,24+/m0/s1. The van der Waals surface area contributed by atoms with Crippen molar-refractivity contribution in [3.8, 4) is 0 Å². The van der Waals surface area contributed by atoms with Crippen molar-refractivity contribution in [2.45, 2.75) is 24.5 Å². The molecule has 202 valence electrons. The summed E-state index contributed by atoms with van der Waals surface area (Å²) < 4.78 is 7.23. The highest BCUT2D eigenvalue weighted by atomic mass is 16.6. The number of aliphatic hydroxyl groups is 2. The van der Waals surface area contributed by atoms with Gasteiger partial charge in [-0.25, -0.2) is 19.9 Å². The van der Waals surface area contributed by atoms with Gasteiger partial charge in [-0.3, -0.25) is 23.9 Å². The van der Waals surface area contributed by atoms with Crippen molar-refractivity contribution in [2.75, 3.05) is 43.8 Å². The Kier molecular flexibility index (Phi) is 6.26. The summed E-state index contributed by atoms with van der Waals surface area (Å²) in [5.74, 6) is -0.902. The van der Waals surface area contributed by atoms with Crippen molar-refractivity contribution in [1.29, 1.82) is 0 Å². The summed E-state index contributed by atoms with van der Waals surface area (Å²) >= 11 is 0. The Balaban J connectivity index is 1.05. The monoisotopic (exact) mass is 535 g/mol. The maximum atomic E-state index is 13.2. The Morgan fingerprint density at radius 3 is 2.69 bits per heavy atom. The zero-order valence-electron chi connectivity index (χ0n) is 20.5. The second-order valence-electron chi connectivity index (χ2n) is 9.49. The van der Waals surface area contributed by atoms with E-state index in [-0.39, 0.29) is 24.2 Å². The van der Waals surface area contributed by atoms with E-state index >= 15 is 0 Å². The number of rotatable bonds is 5. The van der Waals surface area contributed by atoms with Gasteiger partial charge in [-0.15, -0.1) is 0 Å². The molecule has 3 amide bonds. The van der Waals surface area contributed by atoms with Gasteiger partial charge in [0.1, 0.15) is 24.1 Å². The fraction of sp³-hybridized carbons (Fsp3) is 0.375. The lowest BCUT2D eigenvalue weighted by Gasteiger charge is -2.35. The number of carbonyl (C=O) groups excluding carboxylic acids is 3. The fourth-order valence-corrected chi connectivity index (χ4v) is 5.04. The van der Waals surface area contributed by atoms with E-state index in [9.17, 15) is 24.6 Å². The van der Waals surface area contributed by atoms with Crippen molar-refractivity contribution in [1.82, 2.24) is 29.3 Å². The molecule has 0 bridgehead atoms. The zero-order valence-corrected chi connectivity index (χ0v) is 20.5. The number of carbonyl (C=O) groups is 3. The number of benzene rings is 1. The molecular weight excluding hydrogens is 510 g/mol. The fourth-order valence-electron chi connectivity index (χ4n) is 5.04. The van der Waals surface area contributed by atoms with Crippen LogP contribution in [-0.2, 0) is 14.3 Å². The number of hydrogen-bond acceptors (Lipinski definition) is 11. The number of piperazine rings is 1. The molecule has 5 heterocycles. The molecule has 0 saturated carbocycles. The number of aliphatic imine (C=N–C) groups is 1. The smallest absolute Gasteiger partial charge is 0.277 e. The average Bonchev–Trinajstić information content (AvgIpc) is 3.61. The lowest BCUT2D eigenvalue weighted by Crippen LogP contribution is -2.54. The molecule has 3 aliphatic rings. The van der Waals surface area contributed by atoms with Gasteiger partial charge in [-0.05, 0) is 12.1 Å². The van der Waals surface area contributed by atoms with Gasteiger partial charge in [0, 0.05) is 38.0 Å². The normalized spacial score (nSPS) is 24.9. The predicted molar refractivity (Wildman–Crippen MR) is 136 cm³/mol. The van der Waals surface area contributed by atoms with Crippen LogP contribution >= 0.6 is 0 Å². The molecule has 0 unspecified atom stereocenters. The molecule has 3 aromatic rings. The van der Waals surface area contributed by atoms with Gasteiger partial charge in [0.25, 0.3) is 11.8 Å². The van der Waals surface area contributed by atoms with Crippen molar-refractivity contribution in [3.05, 3.63) is 42.0 Å². The van der Waals surface area contributed by atoms with Gasteiger partial charge in [-0.2, -0.15) is 0 Å². The molecule has 1 aromatic carbocycles. The second kappa shape index (κ2) is 9.77. The van der Waals surface area contributed by atoms with Gasteiger partial charge < -0.3 is 30.9 Å². The predicted octanol–water partition coefficient (Wildman–Crippen LogP) is -1.62. The summed E-state index contributed by atoms with van der Waals surface area (Å²) in [5, 5.41) is 24.1. The number of nitrogens with one attached hydrogen (secondary N) is 1. The lowest BCUT2D eigenvalue weighted by molar-refractivity contribution is -0.150. The van der Waals surface area contributed by atoms with Crippen LogP contribution in [0.5, 0.6) is 0 Å². The summed E-state index contributed by atoms with van der Waals surface area (Å²) in [7, 11) is 0. The Morgan fingerprint density at radius 2 is 1.90 bits per heavy atom. The van der Waals surface area contributed by atoms with Crippen LogP contribution in [-0.4, -0.2) is 115 Å². The molecule has 6 rings (SSSR count). The first kappa shape index (κ1) is 25.0. The van der Waals surface area contributed by atoms with Gasteiger partial charge in [0.2, 0.25) is 5.91 Å². The number of nitrogens with zero attached hydrogens (tertiary/aromatic N) is 7. The van der Waals surface area contributed by atoms with Crippen LogP contribution in [0, 0.1) is 0 Å². The molecule has 0 radical (unpaired) electrons. The number of aliphatic hydroxyl groups excluding tert-OH is 2. The van der Waals surface area contributed by atoms with Crippen LogP contribution in [0.15, 0.2) is 35.8 Å². The van der Waals surface area contributed by atoms with Crippen LogP contribution in [0.3, 0.4) is 0 Å². The first-order valence-corrected chi connectivity index (χ1v) is 12.3. The zero-order chi connectivity index (χ0) is 27.3. The summed E-state index contributed by atoms with van der Waals surface area (Å²) in [6.45, 7) is 1.54. The molecule has 2 saturated heterocycles. The van der Waals surface area contributed by atoms with E-state index in [1.807, 2.05) is 4.90 Å². The number of hydrogen-bond donors (Lipinski definition) is 4. The van der Waals surface area contributed by atoms with Gasteiger partial charge >= 0.3 is 0 Å². The molecule has 15 nitrogen and oxygen atoms in total. The SMILES string of the molecule is Nc1ncnc2c1ncn2[C@@H]1O[C@H](C(=O)N2CCN(CC(=O)Nc3cccc4c3C=NC4=O)CC2)[C@@H](O)[C@@H]1O. The highest BCUT2D eigenvalue weighted by molar-refractivity contribution is 6.16. The van der Waals surface area contributed by atoms with Crippen molar-refractivity contribution in [2.24, 2.45) is 4.99 Å². The van der Waals surface area contributed by atoms with Gasteiger partial charge in [0.15, 0.2) is 23.8 Å². The minimum atomic E-state index is -1.47. The number of imidazole rings is 1. The van der Waals surface area contributed by atoms with E-state index in [1.54, 1.807) is 18.2 Å². The maximum absolute atomic E-state index is 13.2. The van der Waals surface area contributed by atoms with E-state index in [0.29, 0.717) is 54.2 Å². The number of nitrogens with two attached hydrogens (primary N) is 1. The maximum Gasteiger partial charge on any atom is 0.277 e. The molecule has 5 N–H and O–H groups in total. The molecule has 0 spiro atoms.